The topological polar surface area (TPSA) is 59.2 Å². The molecule has 0 saturated heterocycles. The zero-order valence-corrected chi connectivity index (χ0v) is 11.3. The van der Waals surface area contributed by atoms with E-state index in [9.17, 15) is 5.11 Å². The van der Waals surface area contributed by atoms with Crippen molar-refractivity contribution in [2.24, 2.45) is 0 Å². The molecule has 1 heterocycles. The highest BCUT2D eigenvalue weighted by molar-refractivity contribution is 9.10. The van der Waals surface area contributed by atoms with Gasteiger partial charge in [-0.25, -0.2) is 0 Å². The molecular formula is C14H9BrN2O2. The number of phenolic OH excluding ortho intramolecular Hbond substituents is 1. The number of nitrogens with zero attached hydrogens (tertiary/aromatic N) is 2. The van der Waals surface area contributed by atoms with Crippen molar-refractivity contribution in [3.05, 3.63) is 53.0 Å². The third kappa shape index (κ3) is 2.37. The number of rotatable bonds is 2. The Morgan fingerprint density at radius 1 is 1.05 bits per heavy atom. The Hall–Kier alpha value is -2.14. The minimum Gasteiger partial charge on any atom is -0.507 e. The van der Waals surface area contributed by atoms with E-state index in [-0.39, 0.29) is 5.75 Å². The summed E-state index contributed by atoms with van der Waals surface area (Å²) in [6, 6.07) is 14.5. The molecule has 0 atom stereocenters. The van der Waals surface area contributed by atoms with Crippen LogP contribution in [-0.4, -0.2) is 15.2 Å². The van der Waals surface area contributed by atoms with Gasteiger partial charge in [0.05, 0.1) is 5.56 Å². The van der Waals surface area contributed by atoms with Gasteiger partial charge in [0.2, 0.25) is 5.82 Å². The lowest BCUT2D eigenvalue weighted by Crippen LogP contribution is -1.81. The molecule has 3 aromatic rings. The van der Waals surface area contributed by atoms with Crippen molar-refractivity contribution in [2.45, 2.75) is 0 Å². The van der Waals surface area contributed by atoms with Gasteiger partial charge in [0.1, 0.15) is 5.75 Å². The van der Waals surface area contributed by atoms with E-state index in [1.807, 2.05) is 24.3 Å². The lowest BCUT2D eigenvalue weighted by Gasteiger charge is -1.97. The monoisotopic (exact) mass is 316 g/mol. The van der Waals surface area contributed by atoms with E-state index in [0.29, 0.717) is 17.3 Å². The number of para-hydroxylation sites is 1. The van der Waals surface area contributed by atoms with Gasteiger partial charge in [-0.2, -0.15) is 4.98 Å². The summed E-state index contributed by atoms with van der Waals surface area (Å²) in [6.45, 7) is 0. The summed E-state index contributed by atoms with van der Waals surface area (Å²) in [5.41, 5.74) is 1.37. The normalized spacial score (nSPS) is 10.6. The van der Waals surface area contributed by atoms with Crippen molar-refractivity contribution in [1.82, 2.24) is 10.1 Å². The van der Waals surface area contributed by atoms with E-state index < -0.39 is 0 Å². The van der Waals surface area contributed by atoms with Gasteiger partial charge in [-0.15, -0.1) is 0 Å². The van der Waals surface area contributed by atoms with Crippen LogP contribution in [-0.2, 0) is 0 Å². The lowest BCUT2D eigenvalue weighted by molar-refractivity contribution is 0.426. The highest BCUT2D eigenvalue weighted by Crippen LogP contribution is 2.29. The molecule has 0 aliphatic rings. The number of halogens is 1. The molecule has 1 aromatic heterocycles. The van der Waals surface area contributed by atoms with E-state index in [1.54, 1.807) is 24.3 Å². The second kappa shape index (κ2) is 4.85. The predicted octanol–water partition coefficient (Wildman–Crippen LogP) is 3.87. The molecule has 0 spiro atoms. The summed E-state index contributed by atoms with van der Waals surface area (Å²) in [7, 11) is 0. The summed E-state index contributed by atoms with van der Waals surface area (Å²) in [5, 5.41) is 13.7. The number of hydrogen-bond acceptors (Lipinski definition) is 4. The van der Waals surface area contributed by atoms with Crippen molar-refractivity contribution in [1.29, 1.82) is 0 Å². The smallest absolute Gasteiger partial charge is 0.261 e. The Labute approximate surface area is 117 Å². The molecule has 0 fully saturated rings. The first-order valence-corrected chi connectivity index (χ1v) is 6.41. The molecule has 2 aromatic carbocycles. The number of phenols is 1. The summed E-state index contributed by atoms with van der Waals surface area (Å²) in [5.74, 6) is 0.902. The van der Waals surface area contributed by atoms with Crippen molar-refractivity contribution < 1.29 is 9.63 Å². The first-order chi connectivity index (χ1) is 9.24. The second-order valence-electron chi connectivity index (χ2n) is 3.95. The Kier molecular flexibility index (Phi) is 3.05. The van der Waals surface area contributed by atoms with Gasteiger partial charge >= 0.3 is 0 Å². The van der Waals surface area contributed by atoms with Gasteiger partial charge in [-0.05, 0) is 24.3 Å². The van der Waals surface area contributed by atoms with E-state index in [4.69, 9.17) is 4.52 Å². The molecule has 0 aliphatic carbocycles. The molecule has 0 aliphatic heterocycles. The molecule has 1 N–H and O–H groups in total. The van der Waals surface area contributed by atoms with Crippen molar-refractivity contribution in [3.63, 3.8) is 0 Å². The first-order valence-electron chi connectivity index (χ1n) is 5.62. The molecule has 94 valence electrons. The van der Waals surface area contributed by atoms with Crippen LogP contribution in [0.5, 0.6) is 5.75 Å². The van der Waals surface area contributed by atoms with Crippen molar-refractivity contribution in [2.75, 3.05) is 0 Å². The summed E-state index contributed by atoms with van der Waals surface area (Å²) >= 11 is 3.40. The van der Waals surface area contributed by atoms with Gasteiger partial charge < -0.3 is 9.63 Å². The van der Waals surface area contributed by atoms with Crippen molar-refractivity contribution >= 4 is 15.9 Å². The third-order valence-electron chi connectivity index (χ3n) is 2.64. The predicted molar refractivity (Wildman–Crippen MR) is 74.5 cm³/mol. The van der Waals surface area contributed by atoms with E-state index in [1.165, 1.54) is 0 Å². The van der Waals surface area contributed by atoms with Crippen LogP contribution in [0.4, 0.5) is 0 Å². The highest BCUT2D eigenvalue weighted by atomic mass is 79.9. The molecule has 0 radical (unpaired) electrons. The summed E-state index contributed by atoms with van der Waals surface area (Å²) < 4.78 is 6.13. The maximum Gasteiger partial charge on any atom is 0.261 e. The molecule has 0 amide bonds. The van der Waals surface area contributed by atoms with E-state index in [2.05, 4.69) is 26.1 Å². The molecule has 0 bridgehead atoms. The Morgan fingerprint density at radius 2 is 1.89 bits per heavy atom. The first kappa shape index (κ1) is 11.9. The van der Waals surface area contributed by atoms with E-state index >= 15 is 0 Å². The Bertz CT molecular complexity index is 725. The van der Waals surface area contributed by atoms with Gasteiger partial charge in [-0.3, -0.25) is 0 Å². The second-order valence-corrected chi connectivity index (χ2v) is 4.87. The van der Waals surface area contributed by atoms with Crippen LogP contribution in [0.3, 0.4) is 0 Å². The molecule has 5 heteroatoms. The van der Waals surface area contributed by atoms with Crippen LogP contribution in [0.15, 0.2) is 57.5 Å². The van der Waals surface area contributed by atoms with Crippen molar-refractivity contribution in [3.8, 4) is 28.6 Å². The van der Waals surface area contributed by atoms with Crippen LogP contribution in [0.25, 0.3) is 22.8 Å². The average Bonchev–Trinajstić information content (AvgIpc) is 2.89. The van der Waals surface area contributed by atoms with Gasteiger partial charge in [-0.1, -0.05) is 45.4 Å². The van der Waals surface area contributed by atoms with Gasteiger partial charge in [0.15, 0.2) is 0 Å². The summed E-state index contributed by atoms with van der Waals surface area (Å²) in [6.07, 6.45) is 0. The minimum absolute atomic E-state index is 0.118. The fraction of sp³-hybridized carbons (Fsp3) is 0. The maximum absolute atomic E-state index is 9.75. The molecule has 0 unspecified atom stereocenters. The molecule has 0 saturated carbocycles. The number of aromatic nitrogens is 2. The number of benzene rings is 2. The summed E-state index contributed by atoms with van der Waals surface area (Å²) in [4.78, 5) is 4.29. The average molecular weight is 317 g/mol. The maximum atomic E-state index is 9.75. The van der Waals surface area contributed by atoms with Gasteiger partial charge in [0.25, 0.3) is 5.89 Å². The van der Waals surface area contributed by atoms with Crippen LogP contribution in [0.2, 0.25) is 0 Å². The van der Waals surface area contributed by atoms with Crippen LogP contribution in [0.1, 0.15) is 0 Å². The molecule has 3 rings (SSSR count). The fourth-order valence-corrected chi connectivity index (χ4v) is 2.13. The van der Waals surface area contributed by atoms with E-state index in [0.717, 1.165) is 10.0 Å². The zero-order chi connectivity index (χ0) is 13.2. The third-order valence-corrected chi connectivity index (χ3v) is 3.14. The highest BCUT2D eigenvalue weighted by Gasteiger charge is 2.13. The fourth-order valence-electron chi connectivity index (χ4n) is 1.73. The Balaban J connectivity index is 2.03. The van der Waals surface area contributed by atoms with Crippen LogP contribution >= 0.6 is 15.9 Å². The SMILES string of the molecule is Oc1ccccc1-c1nc(-c2cccc(Br)c2)no1. The molecular weight excluding hydrogens is 308 g/mol. The Morgan fingerprint density at radius 3 is 2.68 bits per heavy atom. The van der Waals surface area contributed by atoms with Crippen LogP contribution in [0, 0.1) is 0 Å². The van der Waals surface area contributed by atoms with Crippen LogP contribution < -0.4 is 0 Å². The standard InChI is InChI=1S/C14H9BrN2O2/c15-10-5-3-4-9(8-10)13-16-14(19-17-13)11-6-1-2-7-12(11)18/h1-8,18H. The minimum atomic E-state index is 0.118. The molecule has 19 heavy (non-hydrogen) atoms. The number of aromatic hydroxyl groups is 1. The van der Waals surface area contributed by atoms with Gasteiger partial charge in [0, 0.05) is 10.0 Å². The zero-order valence-electron chi connectivity index (χ0n) is 9.75. The number of hydrogen-bond donors (Lipinski definition) is 1. The molecule has 4 nitrogen and oxygen atoms in total. The quantitative estimate of drug-likeness (QED) is 0.779. The lowest BCUT2D eigenvalue weighted by atomic mass is 10.2. The largest absolute Gasteiger partial charge is 0.507 e.